The number of aryl methyl sites for hydroxylation is 2. The quantitative estimate of drug-likeness (QED) is 0.151. The fourth-order valence-corrected chi connectivity index (χ4v) is 11.0. The van der Waals surface area contributed by atoms with Crippen LogP contribution in [0.5, 0.6) is 0 Å². The van der Waals surface area contributed by atoms with Gasteiger partial charge >= 0.3 is 11.4 Å². The Morgan fingerprint density at radius 3 is 2.37 bits per heavy atom. The van der Waals surface area contributed by atoms with Crippen LogP contribution in [0.4, 0.5) is 8.78 Å². The average Bonchev–Trinajstić information content (AvgIpc) is 3.58. The Morgan fingerprint density at radius 1 is 0.985 bits per heavy atom. The van der Waals surface area contributed by atoms with Crippen LogP contribution in [-0.2, 0) is 26.5 Å². The van der Waals surface area contributed by atoms with E-state index in [2.05, 4.69) is 22.3 Å². The molecule has 65 heavy (non-hydrogen) atoms. The third kappa shape index (κ3) is 6.90. The maximum atomic E-state index is 16.0. The molecule has 1 N–H and O–H groups in total. The molecule has 0 bridgehead atoms. The molecule has 1 saturated heterocycles. The van der Waals surface area contributed by atoms with Crippen molar-refractivity contribution in [1.29, 1.82) is 0 Å². The van der Waals surface area contributed by atoms with Crippen LogP contribution in [0.1, 0.15) is 113 Å². The number of rotatable bonds is 10. The van der Waals surface area contributed by atoms with Gasteiger partial charge in [0.05, 0.1) is 28.4 Å². The molecule has 2 aliphatic heterocycles. The molecule has 15 nitrogen and oxygen atoms in total. The van der Waals surface area contributed by atoms with Gasteiger partial charge in [0.15, 0.2) is 15.7 Å². The second kappa shape index (κ2) is 15.6. The Hall–Kier alpha value is -6.40. The largest absolute Gasteiger partial charge is 0.438 e. The van der Waals surface area contributed by atoms with Crippen LogP contribution in [0.25, 0.3) is 28.1 Å². The van der Waals surface area contributed by atoms with Crippen LogP contribution < -0.4 is 11.4 Å². The summed E-state index contributed by atoms with van der Waals surface area (Å²) in [6.07, 6.45) is 6.22. The predicted molar refractivity (Wildman–Crippen MR) is 237 cm³/mol. The van der Waals surface area contributed by atoms with Crippen molar-refractivity contribution in [2.24, 2.45) is 0 Å². The number of aromatic nitrogens is 7. The Morgan fingerprint density at radius 2 is 1.71 bits per heavy atom. The molecule has 3 aromatic carbocycles. The van der Waals surface area contributed by atoms with Gasteiger partial charge in [-0.25, -0.2) is 31.5 Å². The van der Waals surface area contributed by atoms with Crippen molar-refractivity contribution in [1.82, 2.24) is 38.5 Å². The van der Waals surface area contributed by atoms with Gasteiger partial charge in [-0.15, -0.1) is 0 Å². The lowest BCUT2D eigenvalue weighted by Gasteiger charge is -2.34. The lowest BCUT2D eigenvalue weighted by molar-refractivity contribution is 0.0664. The molecule has 18 heteroatoms. The number of amides is 1. The summed E-state index contributed by atoms with van der Waals surface area (Å²) in [6.45, 7) is 9.82. The third-order valence-electron chi connectivity index (χ3n) is 13.8. The molecule has 10 rings (SSSR count). The van der Waals surface area contributed by atoms with Gasteiger partial charge in [0, 0.05) is 60.8 Å². The number of hydrogen-bond acceptors (Lipinski definition) is 9. The first kappa shape index (κ1) is 42.5. The Balaban J connectivity index is 1.10. The summed E-state index contributed by atoms with van der Waals surface area (Å²) in [7, 11) is -3.52. The molecule has 338 valence electrons. The van der Waals surface area contributed by atoms with Crippen molar-refractivity contribution in [3.8, 4) is 17.2 Å². The first-order valence-corrected chi connectivity index (χ1v) is 23.6. The molecule has 1 saturated carbocycles. The first-order chi connectivity index (χ1) is 31.1. The third-order valence-corrected chi connectivity index (χ3v) is 15.9. The second-order valence-electron chi connectivity index (χ2n) is 17.6. The van der Waals surface area contributed by atoms with Crippen molar-refractivity contribution in [2.45, 2.75) is 89.5 Å². The zero-order valence-electron chi connectivity index (χ0n) is 36.6. The van der Waals surface area contributed by atoms with Gasteiger partial charge in [0.1, 0.15) is 28.7 Å². The monoisotopic (exact) mass is 906 g/mol. The summed E-state index contributed by atoms with van der Waals surface area (Å²) in [4.78, 5) is 46.8. The summed E-state index contributed by atoms with van der Waals surface area (Å²) in [5.74, 6) is -1.32. The van der Waals surface area contributed by atoms with E-state index in [4.69, 9.17) is 14.4 Å². The smallest absolute Gasteiger partial charge is 0.381 e. The van der Waals surface area contributed by atoms with Crippen LogP contribution in [0.3, 0.4) is 0 Å². The number of ether oxygens (including phenoxy) is 1. The minimum atomic E-state index is -3.52. The highest BCUT2D eigenvalue weighted by Crippen LogP contribution is 2.51. The van der Waals surface area contributed by atoms with Gasteiger partial charge in [-0.2, -0.15) is 5.10 Å². The number of imidazole rings is 1. The van der Waals surface area contributed by atoms with Crippen molar-refractivity contribution < 1.29 is 31.3 Å². The molecule has 1 aliphatic carbocycles. The number of H-pyrrole nitrogens is 1. The molecule has 0 radical (unpaired) electrons. The number of nitrogens with zero attached hydrogens (tertiary/aromatic N) is 7. The number of carbonyl (C=O) groups is 1. The fraction of sp³-hybridized carbons (Fsp3) is 0.383. The number of hydrogen-bond donors (Lipinski definition) is 1. The SMILES string of the molecule is CCS(=O)(=O)C(C)c1ccc(-n2ccn(-c3c4c(nn3-c3cc(C)c(F)c(C)c3)CCN(C(=O)c3cc5cc(C6CCOCC6)ccc5n3C3(c5noc(=O)[nH]5)CC3)[C@H]4C)c2=O)c(F)c1. The summed E-state index contributed by atoms with van der Waals surface area (Å²) in [5, 5.41) is 9.03. The van der Waals surface area contributed by atoms with E-state index in [9.17, 15) is 18.0 Å². The van der Waals surface area contributed by atoms with Crippen molar-refractivity contribution in [3.05, 3.63) is 145 Å². The zero-order valence-corrected chi connectivity index (χ0v) is 37.4. The summed E-state index contributed by atoms with van der Waals surface area (Å²) in [5.41, 5.74) is 3.45. The number of sulfone groups is 1. The Labute approximate surface area is 372 Å². The number of benzene rings is 3. The molecule has 1 unspecified atom stereocenters. The lowest BCUT2D eigenvalue weighted by Crippen LogP contribution is -2.41. The average molecular weight is 907 g/mol. The van der Waals surface area contributed by atoms with Gasteiger partial charge in [0.25, 0.3) is 5.91 Å². The molecular weight excluding hydrogens is 859 g/mol. The van der Waals surface area contributed by atoms with Crippen LogP contribution in [-0.4, -0.2) is 78.4 Å². The molecule has 3 aliphatic rings. The minimum absolute atomic E-state index is 0.0906. The molecule has 4 aromatic heterocycles. The van der Waals surface area contributed by atoms with E-state index < -0.39 is 43.9 Å². The van der Waals surface area contributed by atoms with E-state index in [1.165, 1.54) is 42.9 Å². The molecular formula is C47H48F2N8O7S. The second-order valence-corrected chi connectivity index (χ2v) is 20.2. The maximum Gasteiger partial charge on any atom is 0.438 e. The predicted octanol–water partition coefficient (Wildman–Crippen LogP) is 7.03. The molecule has 6 heterocycles. The minimum Gasteiger partial charge on any atom is -0.381 e. The highest BCUT2D eigenvalue weighted by atomic mass is 32.2. The van der Waals surface area contributed by atoms with E-state index in [0.29, 0.717) is 83.8 Å². The lowest BCUT2D eigenvalue weighted by atomic mass is 9.91. The molecule has 2 atom stereocenters. The van der Waals surface area contributed by atoms with E-state index in [-0.39, 0.29) is 35.3 Å². The van der Waals surface area contributed by atoms with E-state index in [1.54, 1.807) is 35.6 Å². The van der Waals surface area contributed by atoms with Crippen molar-refractivity contribution in [3.63, 3.8) is 0 Å². The maximum absolute atomic E-state index is 16.0. The van der Waals surface area contributed by atoms with Crippen molar-refractivity contribution in [2.75, 3.05) is 25.5 Å². The number of fused-ring (bicyclic) bond motifs is 2. The number of halogens is 2. The van der Waals surface area contributed by atoms with Gasteiger partial charge < -0.3 is 14.2 Å². The van der Waals surface area contributed by atoms with E-state index in [1.807, 2.05) is 23.6 Å². The number of nitrogens with one attached hydrogen (secondary N) is 1. The molecule has 2 fully saturated rings. The summed E-state index contributed by atoms with van der Waals surface area (Å²) in [6, 6.07) is 14.8. The van der Waals surface area contributed by atoms with Crippen LogP contribution in [0, 0.1) is 25.5 Å². The van der Waals surface area contributed by atoms with E-state index >= 15 is 13.6 Å². The van der Waals surface area contributed by atoms with Gasteiger partial charge in [-0.1, -0.05) is 24.2 Å². The standard InChI is InChI=1S/C47H48F2N8O7S/c1-6-65(61,62)29(5)31-7-10-38(35(48)24-31)54-17-18-55(46(54)60)42-40-28(4)53(16-11-36(40)51-57(42)34-21-26(2)41(49)27(3)22-34)43(58)39-25-33-23-32(30-12-19-63-20-13-30)8-9-37(33)56(39)47(14-15-47)44-50-45(59)64-52-44/h7-10,17-18,21-25,28-30H,6,11-16,19-20H2,1-5H3,(H,50,52,59)/t28-,29?/m0/s1. The number of carbonyl (C=O) groups excluding carboxylic acids is 1. The zero-order chi connectivity index (χ0) is 45.7. The highest BCUT2D eigenvalue weighted by Gasteiger charge is 2.52. The van der Waals surface area contributed by atoms with E-state index in [0.717, 1.165) is 39.9 Å². The van der Waals surface area contributed by atoms with Gasteiger partial charge in [-0.05, 0) is 124 Å². The Kier molecular flexibility index (Phi) is 10.2. The van der Waals surface area contributed by atoms with Crippen LogP contribution in [0.2, 0.25) is 0 Å². The van der Waals surface area contributed by atoms with Crippen molar-refractivity contribution >= 4 is 26.6 Å². The summed E-state index contributed by atoms with van der Waals surface area (Å²) >= 11 is 0. The fourth-order valence-electron chi connectivity index (χ4n) is 9.94. The molecule has 7 aromatic rings. The normalized spacial score (nSPS) is 18.0. The number of aromatic amines is 1. The topological polar surface area (TPSA) is 172 Å². The Bertz CT molecular complexity index is 3270. The highest BCUT2D eigenvalue weighted by molar-refractivity contribution is 7.91. The van der Waals surface area contributed by atoms with Gasteiger partial charge in [-0.3, -0.25) is 23.4 Å². The van der Waals surface area contributed by atoms with Crippen LogP contribution >= 0.6 is 0 Å². The molecule has 1 amide bonds. The van der Waals surface area contributed by atoms with Gasteiger partial charge in [0.2, 0.25) is 0 Å². The van der Waals surface area contributed by atoms with Crippen LogP contribution in [0.15, 0.2) is 81.1 Å². The molecule has 0 spiro atoms. The first-order valence-electron chi connectivity index (χ1n) is 21.9. The summed E-state index contributed by atoms with van der Waals surface area (Å²) < 4.78 is 72.9.